The van der Waals surface area contributed by atoms with Gasteiger partial charge in [-0.3, -0.25) is 0 Å². The maximum absolute atomic E-state index is 13.3. The standard InChI is InChI=1S/C21H23F3N2O2/c1-20(2,3)14-8-10-16(11-9-14)28-13-15(27)12-26-18-7-5-4-6-17(18)25-19(26)21(22,23)24/h4-11,15,27H,12-13H2,1-3H3/t15-/m1/s1. The van der Waals surface area contributed by atoms with E-state index in [4.69, 9.17) is 4.74 Å². The highest BCUT2D eigenvalue weighted by molar-refractivity contribution is 5.76. The largest absolute Gasteiger partial charge is 0.491 e. The highest BCUT2D eigenvalue weighted by Crippen LogP contribution is 2.31. The summed E-state index contributed by atoms with van der Waals surface area (Å²) in [5.74, 6) is -0.471. The summed E-state index contributed by atoms with van der Waals surface area (Å²) in [6, 6.07) is 13.8. The van der Waals surface area contributed by atoms with Gasteiger partial charge < -0.3 is 14.4 Å². The van der Waals surface area contributed by atoms with E-state index >= 15 is 0 Å². The monoisotopic (exact) mass is 392 g/mol. The van der Waals surface area contributed by atoms with Crippen LogP contribution in [0.5, 0.6) is 5.75 Å². The minimum Gasteiger partial charge on any atom is -0.491 e. The van der Waals surface area contributed by atoms with Gasteiger partial charge in [-0.15, -0.1) is 0 Å². The van der Waals surface area contributed by atoms with Crippen LogP contribution < -0.4 is 4.74 Å². The molecule has 3 rings (SSSR count). The van der Waals surface area contributed by atoms with E-state index in [9.17, 15) is 18.3 Å². The van der Waals surface area contributed by atoms with E-state index in [1.165, 1.54) is 6.07 Å². The number of aliphatic hydroxyl groups is 1. The quantitative estimate of drug-likeness (QED) is 0.679. The van der Waals surface area contributed by atoms with Crippen LogP contribution in [0.2, 0.25) is 0 Å². The maximum atomic E-state index is 13.3. The van der Waals surface area contributed by atoms with Crippen LogP contribution in [0.3, 0.4) is 0 Å². The summed E-state index contributed by atoms with van der Waals surface area (Å²) in [5, 5.41) is 10.3. The first-order valence-electron chi connectivity index (χ1n) is 8.99. The molecule has 0 aliphatic rings. The van der Waals surface area contributed by atoms with E-state index in [2.05, 4.69) is 25.8 Å². The Morgan fingerprint density at radius 1 is 1.04 bits per heavy atom. The zero-order valence-corrected chi connectivity index (χ0v) is 16.0. The van der Waals surface area contributed by atoms with Crippen molar-refractivity contribution in [2.24, 2.45) is 0 Å². The Hall–Kier alpha value is -2.54. The molecule has 0 aliphatic heterocycles. The zero-order valence-electron chi connectivity index (χ0n) is 16.0. The fourth-order valence-electron chi connectivity index (χ4n) is 2.98. The first-order chi connectivity index (χ1) is 13.1. The molecular weight excluding hydrogens is 369 g/mol. The first-order valence-corrected chi connectivity index (χ1v) is 8.99. The van der Waals surface area contributed by atoms with E-state index in [-0.39, 0.29) is 24.1 Å². The Morgan fingerprint density at radius 2 is 1.68 bits per heavy atom. The van der Waals surface area contributed by atoms with Gasteiger partial charge in [-0.05, 0) is 35.2 Å². The van der Waals surface area contributed by atoms with Crippen molar-refractivity contribution in [1.82, 2.24) is 9.55 Å². The number of aromatic nitrogens is 2. The second-order valence-corrected chi connectivity index (χ2v) is 7.77. The number of hydrogen-bond acceptors (Lipinski definition) is 3. The van der Waals surface area contributed by atoms with Crippen molar-refractivity contribution in [3.05, 3.63) is 59.9 Å². The molecule has 0 spiro atoms. The number of halogens is 3. The summed E-state index contributed by atoms with van der Waals surface area (Å²) in [6.07, 6.45) is -5.73. The number of alkyl halides is 3. The molecule has 150 valence electrons. The molecular formula is C21H23F3N2O2. The van der Waals surface area contributed by atoms with Gasteiger partial charge in [0.15, 0.2) is 0 Å². The van der Waals surface area contributed by atoms with Crippen LogP contribution in [0, 0.1) is 0 Å². The molecule has 28 heavy (non-hydrogen) atoms. The van der Waals surface area contributed by atoms with Crippen LogP contribution >= 0.6 is 0 Å². The lowest BCUT2D eigenvalue weighted by Crippen LogP contribution is -2.26. The highest BCUT2D eigenvalue weighted by atomic mass is 19.4. The summed E-state index contributed by atoms with van der Waals surface area (Å²) in [6.45, 7) is 5.90. The Morgan fingerprint density at radius 3 is 2.29 bits per heavy atom. The molecule has 0 aliphatic carbocycles. The molecule has 0 radical (unpaired) electrons. The number of fused-ring (bicyclic) bond motifs is 1. The lowest BCUT2D eigenvalue weighted by molar-refractivity contribution is -0.147. The number of rotatable bonds is 5. The molecule has 1 aromatic heterocycles. The molecule has 4 nitrogen and oxygen atoms in total. The number of para-hydroxylation sites is 2. The van der Waals surface area contributed by atoms with Crippen molar-refractivity contribution in [3.63, 3.8) is 0 Å². The van der Waals surface area contributed by atoms with Gasteiger partial charge in [0.1, 0.15) is 18.5 Å². The lowest BCUT2D eigenvalue weighted by atomic mass is 9.87. The number of nitrogens with zero attached hydrogens (tertiary/aromatic N) is 2. The van der Waals surface area contributed by atoms with Crippen molar-refractivity contribution in [2.75, 3.05) is 6.61 Å². The predicted molar refractivity (Wildman–Crippen MR) is 101 cm³/mol. The molecule has 0 saturated carbocycles. The van der Waals surface area contributed by atoms with E-state index < -0.39 is 18.1 Å². The van der Waals surface area contributed by atoms with Crippen LogP contribution in [0.1, 0.15) is 32.2 Å². The van der Waals surface area contributed by atoms with Crippen molar-refractivity contribution < 1.29 is 23.0 Å². The Kier molecular flexibility index (Phi) is 5.39. The molecule has 1 heterocycles. The van der Waals surface area contributed by atoms with Gasteiger partial charge in [0, 0.05) is 0 Å². The van der Waals surface area contributed by atoms with Crippen LogP contribution in [0.25, 0.3) is 11.0 Å². The van der Waals surface area contributed by atoms with Crippen LogP contribution in [0.4, 0.5) is 13.2 Å². The molecule has 0 unspecified atom stereocenters. The van der Waals surface area contributed by atoms with Gasteiger partial charge in [0.25, 0.3) is 0 Å². The molecule has 1 N–H and O–H groups in total. The fraction of sp³-hybridized carbons (Fsp3) is 0.381. The smallest absolute Gasteiger partial charge is 0.449 e. The summed E-state index contributed by atoms with van der Waals surface area (Å²) in [4.78, 5) is 3.67. The van der Waals surface area contributed by atoms with Crippen LogP contribution in [-0.2, 0) is 18.1 Å². The summed E-state index contributed by atoms with van der Waals surface area (Å²) >= 11 is 0. The maximum Gasteiger partial charge on any atom is 0.449 e. The van der Waals surface area contributed by atoms with E-state index in [0.29, 0.717) is 11.3 Å². The third-order valence-electron chi connectivity index (χ3n) is 4.46. The van der Waals surface area contributed by atoms with Crippen molar-refractivity contribution in [2.45, 2.75) is 45.0 Å². The molecule has 1 atom stereocenters. The third-order valence-corrected chi connectivity index (χ3v) is 4.46. The lowest BCUT2D eigenvalue weighted by Gasteiger charge is -2.20. The predicted octanol–water partition coefficient (Wildman–Crippen LogP) is 4.79. The SMILES string of the molecule is CC(C)(C)c1ccc(OC[C@H](O)Cn2c(C(F)(F)F)nc3ccccc32)cc1. The highest BCUT2D eigenvalue weighted by Gasteiger charge is 2.37. The fourth-order valence-corrected chi connectivity index (χ4v) is 2.98. The number of aliphatic hydroxyl groups excluding tert-OH is 1. The number of ether oxygens (including phenoxy) is 1. The van der Waals surface area contributed by atoms with Gasteiger partial charge in [0.05, 0.1) is 17.6 Å². The topological polar surface area (TPSA) is 47.3 Å². The van der Waals surface area contributed by atoms with Gasteiger partial charge in [-0.25, -0.2) is 4.98 Å². The Bertz CT molecular complexity index is 941. The Labute approximate surface area is 161 Å². The molecule has 0 fully saturated rings. The average molecular weight is 392 g/mol. The van der Waals surface area contributed by atoms with E-state index in [0.717, 1.165) is 10.1 Å². The van der Waals surface area contributed by atoms with Crippen molar-refractivity contribution in [1.29, 1.82) is 0 Å². The van der Waals surface area contributed by atoms with Gasteiger partial charge >= 0.3 is 6.18 Å². The molecule has 0 amide bonds. The molecule has 2 aromatic carbocycles. The molecule has 0 saturated heterocycles. The third kappa shape index (κ3) is 4.47. The van der Waals surface area contributed by atoms with Gasteiger partial charge in [-0.1, -0.05) is 45.0 Å². The second-order valence-electron chi connectivity index (χ2n) is 7.77. The number of benzene rings is 2. The average Bonchev–Trinajstić information content (AvgIpc) is 2.99. The number of imidazole rings is 1. The molecule has 3 aromatic rings. The van der Waals surface area contributed by atoms with Gasteiger partial charge in [-0.2, -0.15) is 13.2 Å². The minimum absolute atomic E-state index is 0.00845. The van der Waals surface area contributed by atoms with E-state index in [1.54, 1.807) is 30.3 Å². The van der Waals surface area contributed by atoms with Crippen molar-refractivity contribution in [3.8, 4) is 5.75 Å². The second kappa shape index (κ2) is 7.47. The van der Waals surface area contributed by atoms with Crippen LogP contribution in [-0.4, -0.2) is 27.4 Å². The number of hydrogen-bond donors (Lipinski definition) is 1. The minimum atomic E-state index is -4.61. The van der Waals surface area contributed by atoms with E-state index in [1.807, 2.05) is 12.1 Å². The normalized spacial score (nSPS) is 13.7. The van der Waals surface area contributed by atoms with Gasteiger partial charge in [0.2, 0.25) is 5.82 Å². The molecule has 7 heteroatoms. The first kappa shape index (κ1) is 20.2. The van der Waals surface area contributed by atoms with Crippen LogP contribution in [0.15, 0.2) is 48.5 Å². The molecule has 0 bridgehead atoms. The summed E-state index contributed by atoms with van der Waals surface area (Å²) in [5.41, 5.74) is 1.71. The summed E-state index contributed by atoms with van der Waals surface area (Å²) in [7, 11) is 0. The van der Waals surface area contributed by atoms with Crippen molar-refractivity contribution >= 4 is 11.0 Å². The zero-order chi connectivity index (χ0) is 20.5. The summed E-state index contributed by atoms with van der Waals surface area (Å²) < 4.78 is 46.5. The Balaban J connectivity index is 1.72.